The summed E-state index contributed by atoms with van der Waals surface area (Å²) in [6, 6.07) is 8.59. The number of ether oxygens (including phenoxy) is 1. The molecule has 0 saturated carbocycles. The van der Waals surface area contributed by atoms with E-state index in [0.29, 0.717) is 46.5 Å². The van der Waals surface area contributed by atoms with Crippen molar-refractivity contribution in [3.63, 3.8) is 0 Å². The number of hydrogen-bond acceptors (Lipinski definition) is 6. The van der Waals surface area contributed by atoms with Gasteiger partial charge in [0.1, 0.15) is 5.76 Å². The number of thioether (sulfide) groups is 1. The molecule has 3 heterocycles. The van der Waals surface area contributed by atoms with E-state index in [0.717, 1.165) is 12.8 Å². The number of nitrogens with one attached hydrogen (secondary N) is 1. The average molecular weight is 434 g/mol. The second-order valence-electron chi connectivity index (χ2n) is 6.75. The van der Waals surface area contributed by atoms with Gasteiger partial charge in [-0.05, 0) is 43.2 Å². The summed E-state index contributed by atoms with van der Waals surface area (Å²) in [4.78, 5) is 29.9. The number of carbonyl (C=O) groups excluding carboxylic acids is 1. The standard InChI is InChI=1S/C20H20ClN3O4S/c21-13-5-6-16-17(9-13)23-20(24(19(16)26)11-15-4-2-8-28-15)29-12-18(25)22-10-14-3-1-7-27-14/h1,3,5-7,9,15H,2,4,8,10-12H2,(H,22,25). The van der Waals surface area contributed by atoms with Gasteiger partial charge < -0.3 is 14.5 Å². The maximum Gasteiger partial charge on any atom is 0.262 e. The average Bonchev–Trinajstić information content (AvgIpc) is 3.41. The Bertz CT molecular complexity index is 1060. The van der Waals surface area contributed by atoms with Gasteiger partial charge in [-0.15, -0.1) is 0 Å². The van der Waals surface area contributed by atoms with Crippen molar-refractivity contribution >= 4 is 40.2 Å². The van der Waals surface area contributed by atoms with Gasteiger partial charge in [0, 0.05) is 11.6 Å². The van der Waals surface area contributed by atoms with E-state index in [-0.39, 0.29) is 23.3 Å². The molecule has 1 atom stereocenters. The van der Waals surface area contributed by atoms with Crippen LogP contribution in [0.1, 0.15) is 18.6 Å². The molecule has 7 nitrogen and oxygen atoms in total. The number of aromatic nitrogens is 2. The first-order valence-electron chi connectivity index (χ1n) is 9.34. The van der Waals surface area contributed by atoms with Gasteiger partial charge in [-0.3, -0.25) is 14.2 Å². The maximum atomic E-state index is 13.1. The van der Waals surface area contributed by atoms with E-state index in [1.807, 2.05) is 0 Å². The summed E-state index contributed by atoms with van der Waals surface area (Å²) in [5.74, 6) is 0.637. The van der Waals surface area contributed by atoms with Gasteiger partial charge in [-0.2, -0.15) is 0 Å². The third-order valence-electron chi connectivity index (χ3n) is 4.66. The summed E-state index contributed by atoms with van der Waals surface area (Å²) in [7, 11) is 0. The van der Waals surface area contributed by atoms with E-state index in [2.05, 4.69) is 10.3 Å². The molecule has 1 N–H and O–H groups in total. The monoisotopic (exact) mass is 433 g/mol. The highest BCUT2D eigenvalue weighted by atomic mass is 35.5. The number of fused-ring (bicyclic) bond motifs is 1. The third kappa shape index (κ3) is 4.83. The van der Waals surface area contributed by atoms with Gasteiger partial charge in [0.25, 0.3) is 5.56 Å². The highest BCUT2D eigenvalue weighted by Gasteiger charge is 2.21. The minimum absolute atomic E-state index is 0.0219. The van der Waals surface area contributed by atoms with Crippen LogP contribution in [0.25, 0.3) is 10.9 Å². The molecule has 9 heteroatoms. The smallest absolute Gasteiger partial charge is 0.262 e. The molecule has 1 saturated heterocycles. The highest BCUT2D eigenvalue weighted by molar-refractivity contribution is 7.99. The van der Waals surface area contributed by atoms with E-state index in [9.17, 15) is 9.59 Å². The van der Waals surface area contributed by atoms with Crippen molar-refractivity contribution in [3.8, 4) is 0 Å². The van der Waals surface area contributed by atoms with Crippen molar-refractivity contribution in [1.82, 2.24) is 14.9 Å². The summed E-state index contributed by atoms with van der Waals surface area (Å²) < 4.78 is 12.5. The minimum atomic E-state index is -0.171. The number of furan rings is 1. The molecule has 1 aliphatic heterocycles. The lowest BCUT2D eigenvalue weighted by molar-refractivity contribution is -0.118. The fourth-order valence-electron chi connectivity index (χ4n) is 3.22. The van der Waals surface area contributed by atoms with Crippen molar-refractivity contribution in [2.24, 2.45) is 0 Å². The van der Waals surface area contributed by atoms with E-state index < -0.39 is 0 Å². The lowest BCUT2D eigenvalue weighted by atomic mass is 10.2. The number of amides is 1. The molecule has 1 aromatic carbocycles. The van der Waals surface area contributed by atoms with Crippen LogP contribution in [0.2, 0.25) is 5.02 Å². The predicted octanol–water partition coefficient (Wildman–Crippen LogP) is 3.23. The van der Waals surface area contributed by atoms with Gasteiger partial charge in [0.15, 0.2) is 5.16 Å². The zero-order valence-electron chi connectivity index (χ0n) is 15.6. The number of benzene rings is 1. The van der Waals surface area contributed by atoms with Gasteiger partial charge >= 0.3 is 0 Å². The molecule has 3 aromatic rings. The minimum Gasteiger partial charge on any atom is -0.467 e. The van der Waals surface area contributed by atoms with Crippen molar-refractivity contribution in [2.75, 3.05) is 12.4 Å². The predicted molar refractivity (Wildman–Crippen MR) is 111 cm³/mol. The quantitative estimate of drug-likeness (QED) is 0.454. The molecule has 0 bridgehead atoms. The van der Waals surface area contributed by atoms with Gasteiger partial charge in [-0.25, -0.2) is 4.98 Å². The molecule has 29 heavy (non-hydrogen) atoms. The number of hydrogen-bond donors (Lipinski definition) is 1. The highest BCUT2D eigenvalue weighted by Crippen LogP contribution is 2.22. The number of halogens is 1. The molecule has 1 amide bonds. The zero-order valence-corrected chi connectivity index (χ0v) is 17.2. The van der Waals surface area contributed by atoms with E-state index in [1.54, 1.807) is 41.2 Å². The van der Waals surface area contributed by atoms with Crippen molar-refractivity contribution in [1.29, 1.82) is 0 Å². The normalized spacial score (nSPS) is 16.4. The summed E-state index contributed by atoms with van der Waals surface area (Å²) in [5, 5.41) is 4.28. The number of carbonyl (C=O) groups is 1. The second kappa shape index (κ2) is 9.02. The molecule has 0 aliphatic carbocycles. The molecule has 1 fully saturated rings. The van der Waals surface area contributed by atoms with Crippen LogP contribution in [-0.2, 0) is 22.6 Å². The lowest BCUT2D eigenvalue weighted by Crippen LogP contribution is -2.30. The second-order valence-corrected chi connectivity index (χ2v) is 8.13. The first-order chi connectivity index (χ1) is 14.1. The molecular formula is C20H20ClN3O4S. The van der Waals surface area contributed by atoms with Gasteiger partial charge in [0.2, 0.25) is 5.91 Å². The summed E-state index contributed by atoms with van der Waals surface area (Å²) in [5.41, 5.74) is 0.366. The Morgan fingerprint density at radius 2 is 2.28 bits per heavy atom. The largest absolute Gasteiger partial charge is 0.467 e. The lowest BCUT2D eigenvalue weighted by Gasteiger charge is -2.16. The fraction of sp³-hybridized carbons (Fsp3) is 0.350. The molecule has 4 rings (SSSR count). The molecule has 152 valence electrons. The summed E-state index contributed by atoms with van der Waals surface area (Å²) >= 11 is 7.29. The fourth-order valence-corrected chi connectivity index (χ4v) is 4.22. The Morgan fingerprint density at radius 1 is 1.38 bits per heavy atom. The number of rotatable bonds is 7. The number of nitrogens with zero attached hydrogens (tertiary/aromatic N) is 2. The van der Waals surface area contributed by atoms with Crippen LogP contribution in [0.5, 0.6) is 0 Å². The Hall–Kier alpha value is -2.29. The molecule has 2 aromatic heterocycles. The van der Waals surface area contributed by atoms with Crippen molar-refractivity contribution in [3.05, 3.63) is 57.7 Å². The zero-order chi connectivity index (χ0) is 20.2. The van der Waals surface area contributed by atoms with E-state index in [1.165, 1.54) is 11.8 Å². The Morgan fingerprint density at radius 3 is 3.03 bits per heavy atom. The molecular weight excluding hydrogens is 414 g/mol. The third-order valence-corrected chi connectivity index (χ3v) is 5.88. The first kappa shape index (κ1) is 20.0. The van der Waals surface area contributed by atoms with Crippen LogP contribution in [0.3, 0.4) is 0 Å². The topological polar surface area (TPSA) is 86.4 Å². The summed E-state index contributed by atoms with van der Waals surface area (Å²) in [6.07, 6.45) is 3.42. The Balaban J connectivity index is 1.55. The first-order valence-corrected chi connectivity index (χ1v) is 10.7. The van der Waals surface area contributed by atoms with E-state index in [4.69, 9.17) is 20.8 Å². The molecule has 0 radical (unpaired) electrons. The Kier molecular flexibility index (Phi) is 6.22. The molecule has 0 spiro atoms. The van der Waals surface area contributed by atoms with Crippen LogP contribution >= 0.6 is 23.4 Å². The van der Waals surface area contributed by atoms with Crippen molar-refractivity contribution in [2.45, 2.75) is 37.2 Å². The molecule has 1 aliphatic rings. The SMILES string of the molecule is O=C(CSc1nc2cc(Cl)ccc2c(=O)n1CC1CCCO1)NCc1ccco1. The van der Waals surface area contributed by atoms with Crippen LogP contribution in [0, 0.1) is 0 Å². The van der Waals surface area contributed by atoms with Crippen LogP contribution in [0.15, 0.2) is 51.0 Å². The maximum absolute atomic E-state index is 13.1. The van der Waals surface area contributed by atoms with Crippen molar-refractivity contribution < 1.29 is 13.9 Å². The van der Waals surface area contributed by atoms with Crippen LogP contribution in [-0.4, -0.2) is 33.9 Å². The molecule has 1 unspecified atom stereocenters. The summed E-state index contributed by atoms with van der Waals surface area (Å²) in [6.45, 7) is 1.43. The van der Waals surface area contributed by atoms with E-state index >= 15 is 0 Å². The van der Waals surface area contributed by atoms with Crippen LogP contribution in [0.4, 0.5) is 0 Å². The van der Waals surface area contributed by atoms with Gasteiger partial charge in [0.05, 0.1) is 42.1 Å². The Labute approximate surface area is 176 Å². The van der Waals surface area contributed by atoms with Gasteiger partial charge in [-0.1, -0.05) is 23.4 Å². The van der Waals surface area contributed by atoms with Crippen LogP contribution < -0.4 is 10.9 Å².